The predicted molar refractivity (Wildman–Crippen MR) is 110 cm³/mol. The van der Waals surface area contributed by atoms with E-state index in [0.29, 0.717) is 30.9 Å². The number of piperazine rings is 1. The summed E-state index contributed by atoms with van der Waals surface area (Å²) in [6.45, 7) is 9.53. The summed E-state index contributed by atoms with van der Waals surface area (Å²) >= 11 is 0. The number of amides is 1. The van der Waals surface area contributed by atoms with Crippen molar-refractivity contribution in [1.82, 2.24) is 15.1 Å². The smallest absolute Gasteiger partial charge is 0.287 e. The van der Waals surface area contributed by atoms with Gasteiger partial charge in [0.05, 0.1) is 6.26 Å². The standard InChI is InChI=1S/C22H31N3O3/c1-17(2)20(25-12-10-24(3)11-13-25)15-23-22(26)21-18(9-14-27-21)16-28-19-7-5-4-6-8-19/h4-9,14,17,20H,10-13,15-16H2,1-3H3,(H,23,26)/t20-/m0/s1. The first-order valence-electron chi connectivity index (χ1n) is 9.99. The zero-order valence-corrected chi connectivity index (χ0v) is 17.1. The van der Waals surface area contributed by atoms with E-state index < -0.39 is 0 Å². The van der Waals surface area contributed by atoms with E-state index >= 15 is 0 Å². The van der Waals surface area contributed by atoms with Crippen LogP contribution in [0.1, 0.15) is 30.0 Å². The molecule has 2 aromatic rings. The van der Waals surface area contributed by atoms with E-state index in [-0.39, 0.29) is 5.91 Å². The number of furan rings is 1. The zero-order chi connectivity index (χ0) is 19.9. The number of para-hydroxylation sites is 1. The summed E-state index contributed by atoms with van der Waals surface area (Å²) in [5.41, 5.74) is 0.752. The maximum Gasteiger partial charge on any atom is 0.287 e. The van der Waals surface area contributed by atoms with Gasteiger partial charge in [0.15, 0.2) is 5.76 Å². The molecule has 0 bridgehead atoms. The summed E-state index contributed by atoms with van der Waals surface area (Å²) < 4.78 is 11.2. The predicted octanol–water partition coefficient (Wildman–Crippen LogP) is 2.86. The Kier molecular flexibility index (Phi) is 7.12. The fourth-order valence-corrected chi connectivity index (χ4v) is 3.54. The van der Waals surface area contributed by atoms with E-state index in [0.717, 1.165) is 37.5 Å². The highest BCUT2D eigenvalue weighted by molar-refractivity contribution is 5.92. The Morgan fingerprint density at radius 2 is 1.86 bits per heavy atom. The molecule has 1 aromatic carbocycles. The second kappa shape index (κ2) is 9.75. The van der Waals surface area contributed by atoms with Gasteiger partial charge in [-0.05, 0) is 31.2 Å². The second-order valence-corrected chi connectivity index (χ2v) is 7.74. The fraction of sp³-hybridized carbons (Fsp3) is 0.500. The van der Waals surface area contributed by atoms with Crippen LogP contribution in [0.15, 0.2) is 47.1 Å². The quantitative estimate of drug-likeness (QED) is 0.757. The molecular formula is C22H31N3O3. The van der Waals surface area contributed by atoms with Gasteiger partial charge in [0.2, 0.25) is 0 Å². The topological polar surface area (TPSA) is 58.0 Å². The molecule has 152 valence electrons. The molecule has 6 heteroatoms. The Hall–Kier alpha value is -2.31. The number of nitrogens with zero attached hydrogens (tertiary/aromatic N) is 2. The molecule has 1 saturated heterocycles. The molecule has 1 aliphatic heterocycles. The van der Waals surface area contributed by atoms with Gasteiger partial charge in [0, 0.05) is 44.3 Å². The molecule has 1 amide bonds. The van der Waals surface area contributed by atoms with Gasteiger partial charge < -0.3 is 19.4 Å². The van der Waals surface area contributed by atoms with Crippen LogP contribution in [0.3, 0.4) is 0 Å². The summed E-state index contributed by atoms with van der Waals surface area (Å²) in [4.78, 5) is 17.5. The summed E-state index contributed by atoms with van der Waals surface area (Å²) in [6.07, 6.45) is 1.54. The Balaban J connectivity index is 1.56. The summed E-state index contributed by atoms with van der Waals surface area (Å²) in [5, 5.41) is 3.07. The third-order valence-corrected chi connectivity index (χ3v) is 5.34. The van der Waals surface area contributed by atoms with Crippen molar-refractivity contribution in [1.29, 1.82) is 0 Å². The lowest BCUT2D eigenvalue weighted by Gasteiger charge is -2.39. The van der Waals surface area contributed by atoms with Gasteiger partial charge in [-0.1, -0.05) is 32.0 Å². The number of carbonyl (C=O) groups excluding carboxylic acids is 1. The van der Waals surface area contributed by atoms with Crippen LogP contribution in [0.4, 0.5) is 0 Å². The van der Waals surface area contributed by atoms with Crippen molar-refractivity contribution in [3.63, 3.8) is 0 Å². The monoisotopic (exact) mass is 385 g/mol. The average molecular weight is 386 g/mol. The van der Waals surface area contributed by atoms with Crippen molar-refractivity contribution < 1.29 is 13.9 Å². The third-order valence-electron chi connectivity index (χ3n) is 5.34. The number of carbonyl (C=O) groups is 1. The van der Waals surface area contributed by atoms with E-state index in [9.17, 15) is 4.79 Å². The highest BCUT2D eigenvalue weighted by Crippen LogP contribution is 2.17. The van der Waals surface area contributed by atoms with E-state index in [1.165, 1.54) is 0 Å². The Morgan fingerprint density at radius 3 is 2.54 bits per heavy atom. The van der Waals surface area contributed by atoms with E-state index in [4.69, 9.17) is 9.15 Å². The van der Waals surface area contributed by atoms with Gasteiger partial charge >= 0.3 is 0 Å². The van der Waals surface area contributed by atoms with Crippen LogP contribution in [-0.4, -0.2) is 61.5 Å². The number of benzene rings is 1. The second-order valence-electron chi connectivity index (χ2n) is 7.74. The highest BCUT2D eigenvalue weighted by atomic mass is 16.5. The first-order chi connectivity index (χ1) is 13.5. The molecule has 6 nitrogen and oxygen atoms in total. The van der Waals surface area contributed by atoms with Gasteiger partial charge in [-0.15, -0.1) is 0 Å². The Labute approximate surface area is 167 Å². The normalized spacial score (nSPS) is 16.9. The lowest BCUT2D eigenvalue weighted by atomic mass is 10.0. The fourth-order valence-electron chi connectivity index (χ4n) is 3.54. The van der Waals surface area contributed by atoms with Crippen molar-refractivity contribution in [3.05, 3.63) is 54.0 Å². The Morgan fingerprint density at radius 1 is 1.14 bits per heavy atom. The van der Waals surface area contributed by atoms with Crippen LogP contribution in [0.25, 0.3) is 0 Å². The van der Waals surface area contributed by atoms with Crippen molar-refractivity contribution >= 4 is 5.91 Å². The van der Waals surface area contributed by atoms with Crippen LogP contribution in [0.5, 0.6) is 5.75 Å². The molecule has 1 fully saturated rings. The average Bonchev–Trinajstić information content (AvgIpc) is 3.17. The van der Waals surface area contributed by atoms with E-state index in [1.807, 2.05) is 30.3 Å². The van der Waals surface area contributed by atoms with Gasteiger partial charge in [-0.25, -0.2) is 0 Å². The third kappa shape index (κ3) is 5.36. The summed E-state index contributed by atoms with van der Waals surface area (Å²) in [6, 6.07) is 11.7. The number of hydrogen-bond acceptors (Lipinski definition) is 5. The lowest BCUT2D eigenvalue weighted by Crippen LogP contribution is -2.54. The van der Waals surface area contributed by atoms with Crippen LogP contribution in [0.2, 0.25) is 0 Å². The minimum atomic E-state index is -0.184. The molecule has 0 saturated carbocycles. The highest BCUT2D eigenvalue weighted by Gasteiger charge is 2.26. The van der Waals surface area contributed by atoms with Gasteiger partial charge in [0.25, 0.3) is 5.91 Å². The van der Waals surface area contributed by atoms with Crippen LogP contribution in [0, 0.1) is 5.92 Å². The van der Waals surface area contributed by atoms with Crippen LogP contribution < -0.4 is 10.1 Å². The molecular weight excluding hydrogens is 354 g/mol. The molecule has 0 unspecified atom stereocenters. The van der Waals surface area contributed by atoms with E-state index in [1.54, 1.807) is 12.3 Å². The summed E-state index contributed by atoms with van der Waals surface area (Å²) in [7, 11) is 2.15. The van der Waals surface area contributed by atoms with Gasteiger partial charge in [0.1, 0.15) is 12.4 Å². The zero-order valence-electron chi connectivity index (χ0n) is 17.1. The molecule has 1 N–H and O–H groups in total. The Bertz CT molecular complexity index is 736. The lowest BCUT2D eigenvalue weighted by molar-refractivity contribution is 0.0775. The molecule has 3 rings (SSSR count). The maximum absolute atomic E-state index is 12.7. The largest absolute Gasteiger partial charge is 0.489 e. The maximum atomic E-state index is 12.7. The molecule has 0 aliphatic carbocycles. The molecule has 2 heterocycles. The SMILES string of the molecule is CC(C)[C@H](CNC(=O)c1occc1COc1ccccc1)N1CCN(C)CC1. The molecule has 1 aliphatic rings. The van der Waals surface area contributed by atoms with E-state index in [2.05, 4.69) is 36.0 Å². The molecule has 1 atom stereocenters. The number of ether oxygens (including phenoxy) is 1. The molecule has 0 radical (unpaired) electrons. The van der Waals surface area contributed by atoms with Gasteiger partial charge in [-0.3, -0.25) is 9.69 Å². The number of hydrogen-bond donors (Lipinski definition) is 1. The number of likely N-dealkylation sites (N-methyl/N-ethyl adjacent to an activating group) is 1. The first kappa shape index (κ1) is 20.4. The number of nitrogens with one attached hydrogen (secondary N) is 1. The molecule has 1 aromatic heterocycles. The van der Waals surface area contributed by atoms with Crippen molar-refractivity contribution in [2.75, 3.05) is 39.8 Å². The molecule has 28 heavy (non-hydrogen) atoms. The van der Waals surface area contributed by atoms with Crippen LogP contribution >= 0.6 is 0 Å². The van der Waals surface area contributed by atoms with Crippen molar-refractivity contribution in [3.8, 4) is 5.75 Å². The van der Waals surface area contributed by atoms with Crippen molar-refractivity contribution in [2.24, 2.45) is 5.92 Å². The minimum absolute atomic E-state index is 0.184. The van der Waals surface area contributed by atoms with Crippen LogP contribution in [-0.2, 0) is 6.61 Å². The summed E-state index contributed by atoms with van der Waals surface area (Å²) in [5.74, 6) is 1.37. The molecule has 0 spiro atoms. The first-order valence-corrected chi connectivity index (χ1v) is 9.99. The van der Waals surface area contributed by atoms with Crippen molar-refractivity contribution in [2.45, 2.75) is 26.5 Å². The number of rotatable bonds is 8. The van der Waals surface area contributed by atoms with Gasteiger partial charge in [-0.2, -0.15) is 0 Å². The minimum Gasteiger partial charge on any atom is -0.489 e.